The lowest BCUT2D eigenvalue weighted by Crippen LogP contribution is -2.36. The first kappa shape index (κ1) is 14.2. The Labute approximate surface area is 125 Å². The van der Waals surface area contributed by atoms with Crippen LogP contribution in [0.15, 0.2) is 30.6 Å². The van der Waals surface area contributed by atoms with E-state index in [1.807, 2.05) is 0 Å². The number of nitrogens with zero attached hydrogens (tertiary/aromatic N) is 4. The Bertz CT molecular complexity index is 528. The number of piperidine rings is 1. The summed E-state index contributed by atoms with van der Waals surface area (Å²) in [6.07, 6.45) is 6.26. The molecule has 2 heterocycles. The second-order valence-electron chi connectivity index (χ2n) is 5.80. The summed E-state index contributed by atoms with van der Waals surface area (Å²) in [5.41, 5.74) is 2.68. The Morgan fingerprint density at radius 3 is 2.81 bits per heavy atom. The van der Waals surface area contributed by atoms with E-state index in [4.69, 9.17) is 0 Å². The molecule has 1 aromatic carbocycles. The highest BCUT2D eigenvalue weighted by Gasteiger charge is 2.28. The lowest BCUT2D eigenvalue weighted by atomic mass is 9.87. The van der Waals surface area contributed by atoms with Crippen LogP contribution in [0.25, 0.3) is 0 Å². The van der Waals surface area contributed by atoms with Crippen LogP contribution in [0, 0.1) is 5.92 Å². The van der Waals surface area contributed by atoms with E-state index < -0.39 is 0 Å². The maximum atomic E-state index is 4.29. The molecule has 1 N–H and O–H groups in total. The molecule has 1 aliphatic heterocycles. The van der Waals surface area contributed by atoms with E-state index in [1.165, 1.54) is 36.7 Å². The molecule has 112 valence electrons. The smallest absolute Gasteiger partial charge is 0.162 e. The zero-order valence-electron chi connectivity index (χ0n) is 12.6. The first-order chi connectivity index (χ1) is 10.4. The van der Waals surface area contributed by atoms with Crippen LogP contribution in [-0.2, 0) is 6.42 Å². The van der Waals surface area contributed by atoms with Gasteiger partial charge in [-0.2, -0.15) is 4.80 Å². The summed E-state index contributed by atoms with van der Waals surface area (Å²) in [6, 6.07) is 9.11. The average molecular weight is 285 g/mol. The molecule has 0 aliphatic carbocycles. The lowest BCUT2D eigenvalue weighted by molar-refractivity contribution is 0.261. The van der Waals surface area contributed by atoms with E-state index >= 15 is 0 Å². The SMILES string of the molecule is CCCc1ccc([C@H]([C@H]2CCCNC2)n2ncnn2)cc1. The molecule has 0 saturated carbocycles. The third kappa shape index (κ3) is 3.29. The van der Waals surface area contributed by atoms with Gasteiger partial charge in [0.2, 0.25) is 0 Å². The monoisotopic (exact) mass is 285 g/mol. The standard InChI is InChI=1S/C16H23N5/c1-2-4-13-6-8-14(9-7-13)16(21-19-12-18-20-21)15-5-3-10-17-11-15/h6-9,12,15-17H,2-5,10-11H2,1H3/t15-,16+/m0/s1. The van der Waals surface area contributed by atoms with E-state index in [-0.39, 0.29) is 6.04 Å². The molecule has 0 unspecified atom stereocenters. The molecule has 2 aromatic rings. The number of hydrogen-bond donors (Lipinski definition) is 1. The van der Waals surface area contributed by atoms with Gasteiger partial charge in [0, 0.05) is 6.54 Å². The fourth-order valence-electron chi connectivity index (χ4n) is 3.22. The van der Waals surface area contributed by atoms with Gasteiger partial charge in [-0.1, -0.05) is 37.6 Å². The van der Waals surface area contributed by atoms with Gasteiger partial charge in [0.1, 0.15) is 6.04 Å². The minimum atomic E-state index is 0.177. The molecule has 0 radical (unpaired) electrons. The number of tetrazole rings is 1. The zero-order valence-corrected chi connectivity index (χ0v) is 12.6. The van der Waals surface area contributed by atoms with Gasteiger partial charge in [-0.3, -0.25) is 0 Å². The van der Waals surface area contributed by atoms with Crippen LogP contribution in [-0.4, -0.2) is 33.3 Å². The van der Waals surface area contributed by atoms with Crippen molar-refractivity contribution < 1.29 is 0 Å². The quantitative estimate of drug-likeness (QED) is 0.915. The van der Waals surface area contributed by atoms with Crippen molar-refractivity contribution in [1.82, 2.24) is 25.5 Å². The average Bonchev–Trinajstić information content (AvgIpc) is 3.05. The highest BCUT2D eigenvalue weighted by molar-refractivity contribution is 5.26. The van der Waals surface area contributed by atoms with E-state index in [0.29, 0.717) is 5.92 Å². The van der Waals surface area contributed by atoms with Crippen molar-refractivity contribution in [1.29, 1.82) is 0 Å². The molecular formula is C16H23N5. The fraction of sp³-hybridized carbons (Fsp3) is 0.562. The van der Waals surface area contributed by atoms with E-state index in [1.54, 1.807) is 4.80 Å². The van der Waals surface area contributed by atoms with E-state index in [0.717, 1.165) is 19.5 Å². The van der Waals surface area contributed by atoms with Crippen molar-refractivity contribution in [3.05, 3.63) is 41.7 Å². The minimum Gasteiger partial charge on any atom is -0.316 e. The van der Waals surface area contributed by atoms with Crippen molar-refractivity contribution in [3.63, 3.8) is 0 Å². The van der Waals surface area contributed by atoms with Crippen LogP contribution in [0.1, 0.15) is 43.4 Å². The Balaban J connectivity index is 1.87. The summed E-state index contributed by atoms with van der Waals surface area (Å²) in [7, 11) is 0. The Morgan fingerprint density at radius 1 is 1.33 bits per heavy atom. The zero-order chi connectivity index (χ0) is 14.5. The van der Waals surface area contributed by atoms with Crippen LogP contribution >= 0.6 is 0 Å². The van der Waals surface area contributed by atoms with Crippen molar-refractivity contribution in [2.24, 2.45) is 5.92 Å². The first-order valence-corrected chi connectivity index (χ1v) is 7.90. The lowest BCUT2D eigenvalue weighted by Gasteiger charge is -2.30. The summed E-state index contributed by atoms with van der Waals surface area (Å²) in [5.74, 6) is 0.518. The molecule has 0 bridgehead atoms. The molecule has 21 heavy (non-hydrogen) atoms. The number of benzene rings is 1. The summed E-state index contributed by atoms with van der Waals surface area (Å²) in [4.78, 5) is 1.77. The predicted octanol–water partition coefficient (Wildman–Crippen LogP) is 2.21. The van der Waals surface area contributed by atoms with Crippen molar-refractivity contribution >= 4 is 0 Å². The van der Waals surface area contributed by atoms with Gasteiger partial charge in [-0.05, 0) is 48.1 Å². The second kappa shape index (κ2) is 6.80. The molecule has 0 spiro atoms. The van der Waals surface area contributed by atoms with Crippen LogP contribution in [0.5, 0.6) is 0 Å². The predicted molar refractivity (Wildman–Crippen MR) is 82.0 cm³/mol. The molecule has 5 nitrogen and oxygen atoms in total. The molecule has 2 atom stereocenters. The van der Waals surface area contributed by atoms with Gasteiger partial charge in [0.05, 0.1) is 0 Å². The fourth-order valence-corrected chi connectivity index (χ4v) is 3.22. The van der Waals surface area contributed by atoms with Crippen molar-refractivity contribution in [2.45, 2.75) is 38.6 Å². The maximum Gasteiger partial charge on any atom is 0.162 e. The van der Waals surface area contributed by atoms with Crippen LogP contribution in [0.4, 0.5) is 0 Å². The summed E-state index contributed by atoms with van der Waals surface area (Å²) >= 11 is 0. The molecule has 1 fully saturated rings. The maximum absolute atomic E-state index is 4.29. The van der Waals surface area contributed by atoms with Gasteiger partial charge < -0.3 is 5.32 Å². The van der Waals surface area contributed by atoms with Crippen LogP contribution < -0.4 is 5.32 Å². The van der Waals surface area contributed by atoms with Crippen LogP contribution in [0.3, 0.4) is 0 Å². The number of hydrogen-bond acceptors (Lipinski definition) is 4. The number of rotatable bonds is 5. The molecule has 1 saturated heterocycles. The summed E-state index contributed by atoms with van der Waals surface area (Å²) in [6.45, 7) is 4.34. The molecule has 1 aliphatic rings. The first-order valence-electron chi connectivity index (χ1n) is 7.90. The third-order valence-corrected chi connectivity index (χ3v) is 4.26. The van der Waals surface area contributed by atoms with Gasteiger partial charge in [0.25, 0.3) is 0 Å². The normalized spacial score (nSPS) is 20.3. The van der Waals surface area contributed by atoms with E-state index in [2.05, 4.69) is 51.9 Å². The highest BCUT2D eigenvalue weighted by Crippen LogP contribution is 2.30. The summed E-state index contributed by atoms with van der Waals surface area (Å²) < 4.78 is 0. The van der Waals surface area contributed by atoms with Crippen molar-refractivity contribution in [2.75, 3.05) is 13.1 Å². The Morgan fingerprint density at radius 2 is 2.19 bits per heavy atom. The van der Waals surface area contributed by atoms with Gasteiger partial charge in [0.15, 0.2) is 6.33 Å². The van der Waals surface area contributed by atoms with Crippen molar-refractivity contribution in [3.8, 4) is 0 Å². The largest absolute Gasteiger partial charge is 0.316 e. The Kier molecular flexibility index (Phi) is 4.60. The number of aryl methyl sites for hydroxylation is 1. The van der Waals surface area contributed by atoms with E-state index in [9.17, 15) is 0 Å². The van der Waals surface area contributed by atoms with Gasteiger partial charge in [-0.15, -0.1) is 10.2 Å². The number of nitrogens with one attached hydrogen (secondary N) is 1. The van der Waals surface area contributed by atoms with Crippen LogP contribution in [0.2, 0.25) is 0 Å². The second-order valence-corrected chi connectivity index (χ2v) is 5.80. The third-order valence-electron chi connectivity index (χ3n) is 4.26. The highest BCUT2D eigenvalue weighted by atomic mass is 15.6. The molecule has 1 aromatic heterocycles. The summed E-state index contributed by atoms with van der Waals surface area (Å²) in [5, 5.41) is 15.8. The minimum absolute atomic E-state index is 0.177. The van der Waals surface area contributed by atoms with Gasteiger partial charge in [-0.25, -0.2) is 0 Å². The topological polar surface area (TPSA) is 55.6 Å². The molecule has 3 rings (SSSR count). The number of aromatic nitrogens is 4. The Hall–Kier alpha value is -1.75. The molecule has 5 heteroatoms. The van der Waals surface area contributed by atoms with Gasteiger partial charge >= 0.3 is 0 Å². The molecular weight excluding hydrogens is 262 g/mol. The molecule has 0 amide bonds.